The Kier molecular flexibility index (Phi) is 4.83. The van der Waals surface area contributed by atoms with Crippen LogP contribution in [0.25, 0.3) is 0 Å². The normalized spacial score (nSPS) is 12.4. The van der Waals surface area contributed by atoms with Crippen molar-refractivity contribution in [3.8, 4) is 0 Å². The molecular weight excluding hydrogens is 300 g/mol. The second-order valence-electron chi connectivity index (χ2n) is 4.40. The van der Waals surface area contributed by atoms with E-state index in [1.807, 2.05) is 0 Å². The third-order valence-electron chi connectivity index (χ3n) is 3.10. The minimum Gasteiger partial charge on any atom is -0.398 e. The van der Waals surface area contributed by atoms with Crippen molar-refractivity contribution in [1.82, 2.24) is 5.43 Å². The van der Waals surface area contributed by atoms with E-state index in [0.29, 0.717) is 21.3 Å². The van der Waals surface area contributed by atoms with E-state index in [4.69, 9.17) is 34.8 Å². The monoisotopic (exact) mass is 313 g/mol. The highest BCUT2D eigenvalue weighted by Gasteiger charge is 2.17. The van der Waals surface area contributed by atoms with Gasteiger partial charge in [-0.2, -0.15) is 0 Å². The maximum Gasteiger partial charge on any atom is 0.127 e. The molecule has 5 N–H and O–H groups in total. The Balaban J connectivity index is 2.34. The summed E-state index contributed by atoms with van der Waals surface area (Å²) in [5.74, 6) is 5.19. The molecule has 106 valence electrons. The number of halogens is 3. The molecule has 0 aromatic heterocycles. The number of rotatable bonds is 4. The van der Waals surface area contributed by atoms with Crippen molar-refractivity contribution in [3.63, 3.8) is 0 Å². The smallest absolute Gasteiger partial charge is 0.127 e. The van der Waals surface area contributed by atoms with Crippen molar-refractivity contribution in [1.29, 1.82) is 0 Å². The highest BCUT2D eigenvalue weighted by molar-refractivity contribution is 6.31. The molecule has 2 rings (SSSR count). The SMILES string of the molecule is NNC(Cc1c(F)cccc1Cl)c1ccc(Cl)cc1N. The van der Waals surface area contributed by atoms with E-state index >= 15 is 0 Å². The van der Waals surface area contributed by atoms with Crippen LogP contribution >= 0.6 is 23.2 Å². The van der Waals surface area contributed by atoms with Crippen LogP contribution in [0.2, 0.25) is 10.0 Å². The first-order valence-electron chi connectivity index (χ1n) is 5.97. The van der Waals surface area contributed by atoms with Crippen molar-refractivity contribution in [2.45, 2.75) is 12.5 Å². The number of hydrazine groups is 1. The average molecular weight is 314 g/mol. The van der Waals surface area contributed by atoms with Crippen molar-refractivity contribution >= 4 is 28.9 Å². The number of nitrogens with one attached hydrogen (secondary N) is 1. The van der Waals surface area contributed by atoms with Gasteiger partial charge in [0.1, 0.15) is 5.82 Å². The Hall–Kier alpha value is -1.33. The quantitative estimate of drug-likeness (QED) is 0.460. The first kappa shape index (κ1) is 15.1. The number of benzene rings is 2. The molecule has 0 fully saturated rings. The summed E-state index contributed by atoms with van der Waals surface area (Å²) in [5, 5.41) is 0.892. The van der Waals surface area contributed by atoms with Gasteiger partial charge in [-0.3, -0.25) is 11.3 Å². The van der Waals surface area contributed by atoms with E-state index in [-0.39, 0.29) is 18.3 Å². The molecule has 0 aliphatic carbocycles. The zero-order valence-corrected chi connectivity index (χ0v) is 12.0. The van der Waals surface area contributed by atoms with Gasteiger partial charge in [-0.15, -0.1) is 0 Å². The summed E-state index contributed by atoms with van der Waals surface area (Å²) < 4.78 is 13.8. The fourth-order valence-electron chi connectivity index (χ4n) is 2.05. The van der Waals surface area contributed by atoms with Gasteiger partial charge in [-0.25, -0.2) is 4.39 Å². The van der Waals surface area contributed by atoms with Crippen LogP contribution in [0.3, 0.4) is 0 Å². The van der Waals surface area contributed by atoms with Crippen LogP contribution in [0.5, 0.6) is 0 Å². The molecular formula is C14H14Cl2FN3. The Morgan fingerprint density at radius 2 is 1.95 bits per heavy atom. The van der Waals surface area contributed by atoms with Crippen molar-refractivity contribution in [2.24, 2.45) is 5.84 Å². The van der Waals surface area contributed by atoms with E-state index in [2.05, 4.69) is 5.43 Å². The Morgan fingerprint density at radius 3 is 2.55 bits per heavy atom. The lowest BCUT2D eigenvalue weighted by atomic mass is 9.97. The molecule has 1 unspecified atom stereocenters. The third-order valence-corrected chi connectivity index (χ3v) is 3.68. The molecule has 0 saturated carbocycles. The molecule has 1 atom stereocenters. The molecule has 0 heterocycles. The first-order valence-corrected chi connectivity index (χ1v) is 6.72. The third kappa shape index (κ3) is 3.22. The predicted molar refractivity (Wildman–Crippen MR) is 81.0 cm³/mol. The van der Waals surface area contributed by atoms with Gasteiger partial charge >= 0.3 is 0 Å². The lowest BCUT2D eigenvalue weighted by Crippen LogP contribution is -2.30. The van der Waals surface area contributed by atoms with Crippen molar-refractivity contribution < 1.29 is 4.39 Å². The molecule has 0 saturated heterocycles. The molecule has 6 heteroatoms. The summed E-state index contributed by atoms with van der Waals surface area (Å²) in [5.41, 5.74) is 10.2. The van der Waals surface area contributed by atoms with Gasteiger partial charge in [-0.1, -0.05) is 35.3 Å². The van der Waals surface area contributed by atoms with Crippen molar-refractivity contribution in [3.05, 3.63) is 63.4 Å². The summed E-state index contributed by atoms with van der Waals surface area (Å²) in [6.07, 6.45) is 0.286. The summed E-state index contributed by atoms with van der Waals surface area (Å²) in [6, 6.07) is 9.30. The van der Waals surface area contributed by atoms with Gasteiger partial charge in [0.25, 0.3) is 0 Å². The number of hydrogen-bond donors (Lipinski definition) is 3. The van der Waals surface area contributed by atoms with Crippen LogP contribution < -0.4 is 17.0 Å². The molecule has 2 aromatic carbocycles. The number of hydrogen-bond acceptors (Lipinski definition) is 3. The fourth-order valence-corrected chi connectivity index (χ4v) is 2.47. The lowest BCUT2D eigenvalue weighted by molar-refractivity contribution is 0.530. The molecule has 0 aliphatic heterocycles. The standard InChI is InChI=1S/C14H14Cl2FN3/c15-8-4-5-9(13(18)6-8)14(20-19)7-10-11(16)2-1-3-12(10)17/h1-6,14,20H,7,18-19H2. The van der Waals surface area contributed by atoms with Crippen LogP contribution in [0.4, 0.5) is 10.1 Å². The average Bonchev–Trinajstić information content (AvgIpc) is 2.40. The second-order valence-corrected chi connectivity index (χ2v) is 5.24. The molecule has 20 heavy (non-hydrogen) atoms. The minimum atomic E-state index is -0.370. The Labute approximate surface area is 126 Å². The van der Waals surface area contributed by atoms with Gasteiger partial charge in [-0.05, 0) is 36.2 Å². The van der Waals surface area contributed by atoms with Crippen molar-refractivity contribution in [2.75, 3.05) is 5.73 Å². The number of nitrogen functional groups attached to an aromatic ring is 1. The van der Waals surface area contributed by atoms with E-state index in [1.54, 1.807) is 30.3 Å². The summed E-state index contributed by atoms with van der Waals surface area (Å²) in [7, 11) is 0. The maximum absolute atomic E-state index is 13.8. The van der Waals surface area contributed by atoms with Crippen LogP contribution in [0, 0.1) is 5.82 Å². The van der Waals surface area contributed by atoms with Crippen LogP contribution in [0.1, 0.15) is 17.2 Å². The molecule has 3 nitrogen and oxygen atoms in total. The van der Waals surface area contributed by atoms with E-state index in [9.17, 15) is 4.39 Å². The van der Waals surface area contributed by atoms with Gasteiger partial charge in [0, 0.05) is 21.3 Å². The fraction of sp³-hybridized carbons (Fsp3) is 0.143. The van der Waals surface area contributed by atoms with Crippen LogP contribution in [-0.4, -0.2) is 0 Å². The van der Waals surface area contributed by atoms with Gasteiger partial charge in [0.05, 0.1) is 6.04 Å². The number of anilines is 1. The van der Waals surface area contributed by atoms with E-state index < -0.39 is 0 Å². The molecule has 0 radical (unpaired) electrons. The maximum atomic E-state index is 13.8. The highest BCUT2D eigenvalue weighted by atomic mass is 35.5. The number of nitrogens with two attached hydrogens (primary N) is 2. The second kappa shape index (κ2) is 6.41. The molecule has 0 amide bonds. The summed E-state index contributed by atoms with van der Waals surface area (Å²) >= 11 is 11.9. The topological polar surface area (TPSA) is 64.1 Å². The molecule has 0 aliphatic rings. The van der Waals surface area contributed by atoms with Crippen LogP contribution in [-0.2, 0) is 6.42 Å². The lowest BCUT2D eigenvalue weighted by Gasteiger charge is -2.19. The zero-order valence-electron chi connectivity index (χ0n) is 10.5. The Bertz CT molecular complexity index is 599. The molecule has 2 aromatic rings. The largest absolute Gasteiger partial charge is 0.398 e. The summed E-state index contributed by atoms with van der Waals surface area (Å²) in [6.45, 7) is 0. The highest BCUT2D eigenvalue weighted by Crippen LogP contribution is 2.29. The predicted octanol–water partition coefficient (Wildman–Crippen LogP) is 3.46. The minimum absolute atomic E-state index is 0.286. The van der Waals surface area contributed by atoms with Gasteiger partial charge in [0.15, 0.2) is 0 Å². The summed E-state index contributed by atoms with van der Waals surface area (Å²) in [4.78, 5) is 0. The first-order chi connectivity index (χ1) is 9.52. The van der Waals surface area contributed by atoms with E-state index in [0.717, 1.165) is 5.56 Å². The van der Waals surface area contributed by atoms with Gasteiger partial charge < -0.3 is 5.73 Å². The molecule has 0 bridgehead atoms. The van der Waals surface area contributed by atoms with E-state index in [1.165, 1.54) is 6.07 Å². The molecule has 0 spiro atoms. The van der Waals surface area contributed by atoms with Gasteiger partial charge in [0.2, 0.25) is 0 Å². The zero-order chi connectivity index (χ0) is 14.7. The Morgan fingerprint density at radius 1 is 1.20 bits per heavy atom. The van der Waals surface area contributed by atoms with Crippen LogP contribution in [0.15, 0.2) is 36.4 Å².